The number of rotatable bonds is 1. The zero-order chi connectivity index (χ0) is 13.4. The van der Waals surface area contributed by atoms with E-state index < -0.39 is 0 Å². The molecule has 0 fully saturated rings. The lowest BCUT2D eigenvalue weighted by Crippen LogP contribution is -2.08. The van der Waals surface area contributed by atoms with Crippen LogP contribution in [0.3, 0.4) is 0 Å². The van der Waals surface area contributed by atoms with Crippen LogP contribution in [0.25, 0.3) is 0 Å². The van der Waals surface area contributed by atoms with Crippen LogP contribution in [0.15, 0.2) is 36.4 Å². The molecule has 0 aliphatic carbocycles. The minimum absolute atomic E-state index is 0.0656. The van der Waals surface area contributed by atoms with Crippen molar-refractivity contribution in [2.24, 2.45) is 0 Å². The second-order valence-corrected chi connectivity index (χ2v) is 4.92. The van der Waals surface area contributed by atoms with Crippen molar-refractivity contribution < 1.29 is 4.74 Å². The van der Waals surface area contributed by atoms with Gasteiger partial charge < -0.3 is 15.8 Å². The minimum atomic E-state index is -0.0656. The van der Waals surface area contributed by atoms with Crippen LogP contribution in [-0.2, 0) is 11.3 Å². The normalized spacial score (nSPS) is 17.1. The Balaban J connectivity index is 2.22. The van der Waals surface area contributed by atoms with Gasteiger partial charge in [0.05, 0.1) is 0 Å². The zero-order valence-electron chi connectivity index (χ0n) is 11.2. The maximum atomic E-state index is 6.23. The van der Waals surface area contributed by atoms with Crippen LogP contribution >= 0.6 is 0 Å². The van der Waals surface area contributed by atoms with Gasteiger partial charge in [0.2, 0.25) is 0 Å². The number of methoxy groups -OCH3 is 1. The maximum Gasteiger partial charge on any atom is 0.110 e. The van der Waals surface area contributed by atoms with E-state index in [0.717, 1.165) is 40.2 Å². The van der Waals surface area contributed by atoms with E-state index in [1.807, 2.05) is 19.1 Å². The van der Waals surface area contributed by atoms with Crippen LogP contribution in [0.5, 0.6) is 0 Å². The molecule has 0 aromatic heterocycles. The molecule has 1 aliphatic heterocycles. The molecule has 1 heterocycles. The first-order valence-corrected chi connectivity index (χ1v) is 6.46. The number of nitrogens with two attached hydrogens (primary N) is 1. The van der Waals surface area contributed by atoms with Gasteiger partial charge in [0.1, 0.15) is 6.10 Å². The number of benzene rings is 2. The summed E-state index contributed by atoms with van der Waals surface area (Å²) in [4.78, 5) is 0. The zero-order valence-corrected chi connectivity index (χ0v) is 11.2. The predicted octanol–water partition coefficient (Wildman–Crippen LogP) is 3.24. The van der Waals surface area contributed by atoms with Crippen LogP contribution in [0.2, 0.25) is 0 Å². The third kappa shape index (κ3) is 1.87. The predicted molar refractivity (Wildman–Crippen MR) is 78.2 cm³/mol. The number of nitrogens with one attached hydrogen (secondary N) is 1. The number of fused-ring (bicyclic) bond motifs is 2. The van der Waals surface area contributed by atoms with Crippen molar-refractivity contribution in [3.8, 4) is 0 Å². The van der Waals surface area contributed by atoms with Gasteiger partial charge in [0.15, 0.2) is 0 Å². The number of ether oxygens (including phenoxy) is 1. The van der Waals surface area contributed by atoms with Crippen molar-refractivity contribution >= 4 is 11.4 Å². The Labute approximate surface area is 113 Å². The van der Waals surface area contributed by atoms with Gasteiger partial charge in [-0.2, -0.15) is 0 Å². The number of anilines is 2. The lowest BCUT2D eigenvalue weighted by Gasteiger charge is -2.19. The SMILES string of the molecule is COC1c2ccccc2NCc2c1ccc(C)c2N. The highest BCUT2D eigenvalue weighted by molar-refractivity contribution is 5.64. The van der Waals surface area contributed by atoms with Gasteiger partial charge >= 0.3 is 0 Å². The molecule has 19 heavy (non-hydrogen) atoms. The maximum absolute atomic E-state index is 6.23. The number of hydrogen-bond donors (Lipinski definition) is 2. The molecule has 0 bridgehead atoms. The summed E-state index contributed by atoms with van der Waals surface area (Å²) >= 11 is 0. The second kappa shape index (κ2) is 4.59. The molecule has 0 amide bonds. The quantitative estimate of drug-likeness (QED) is 0.768. The standard InChI is InChI=1S/C16H18N2O/c1-10-7-8-11-13(15(10)17)9-18-14-6-4-3-5-12(14)16(11)19-2/h3-8,16,18H,9,17H2,1-2H3. The first-order chi connectivity index (χ1) is 9.22. The van der Waals surface area contributed by atoms with Crippen LogP contribution in [0, 0.1) is 6.92 Å². The van der Waals surface area contributed by atoms with Gasteiger partial charge in [-0.3, -0.25) is 0 Å². The molecule has 3 rings (SSSR count). The Bertz CT molecular complexity index is 622. The Hall–Kier alpha value is -2.00. The number of aryl methyl sites for hydroxylation is 1. The second-order valence-electron chi connectivity index (χ2n) is 4.92. The Kier molecular flexibility index (Phi) is 2.91. The highest BCUT2D eigenvalue weighted by atomic mass is 16.5. The topological polar surface area (TPSA) is 47.3 Å². The highest BCUT2D eigenvalue weighted by Gasteiger charge is 2.24. The third-order valence-electron chi connectivity index (χ3n) is 3.83. The van der Waals surface area contributed by atoms with E-state index in [2.05, 4.69) is 29.6 Å². The molecule has 98 valence electrons. The molecule has 2 aromatic carbocycles. The van der Waals surface area contributed by atoms with E-state index >= 15 is 0 Å². The van der Waals surface area contributed by atoms with Gasteiger partial charge in [-0.15, -0.1) is 0 Å². The van der Waals surface area contributed by atoms with Crippen LogP contribution in [0.4, 0.5) is 11.4 Å². The summed E-state index contributed by atoms with van der Waals surface area (Å²) < 4.78 is 5.72. The van der Waals surface area contributed by atoms with Crippen molar-refractivity contribution in [1.29, 1.82) is 0 Å². The van der Waals surface area contributed by atoms with Gasteiger partial charge in [0, 0.05) is 36.2 Å². The fraction of sp³-hybridized carbons (Fsp3) is 0.250. The number of hydrogen-bond acceptors (Lipinski definition) is 3. The monoisotopic (exact) mass is 254 g/mol. The molecule has 1 aliphatic rings. The van der Waals surface area contributed by atoms with Crippen LogP contribution in [-0.4, -0.2) is 7.11 Å². The van der Waals surface area contributed by atoms with E-state index in [9.17, 15) is 0 Å². The lowest BCUT2D eigenvalue weighted by atomic mass is 9.94. The minimum Gasteiger partial charge on any atom is -0.398 e. The van der Waals surface area contributed by atoms with E-state index in [-0.39, 0.29) is 6.10 Å². The lowest BCUT2D eigenvalue weighted by molar-refractivity contribution is 0.137. The van der Waals surface area contributed by atoms with Crippen molar-refractivity contribution in [1.82, 2.24) is 0 Å². The molecule has 1 unspecified atom stereocenters. The Morgan fingerprint density at radius 1 is 1.16 bits per heavy atom. The van der Waals surface area contributed by atoms with Crippen molar-refractivity contribution in [2.75, 3.05) is 18.2 Å². The smallest absolute Gasteiger partial charge is 0.110 e. The molecule has 0 saturated heterocycles. The molecular weight excluding hydrogens is 236 g/mol. The Morgan fingerprint density at radius 3 is 2.74 bits per heavy atom. The molecule has 3 heteroatoms. The highest BCUT2D eigenvalue weighted by Crippen LogP contribution is 2.38. The summed E-state index contributed by atoms with van der Waals surface area (Å²) in [6, 6.07) is 12.4. The molecule has 0 spiro atoms. The average Bonchev–Trinajstić information content (AvgIpc) is 2.59. The summed E-state index contributed by atoms with van der Waals surface area (Å²) in [6.07, 6.45) is -0.0656. The first kappa shape index (κ1) is 12.1. The van der Waals surface area contributed by atoms with E-state index in [4.69, 9.17) is 10.5 Å². The fourth-order valence-electron chi connectivity index (χ4n) is 2.73. The summed E-state index contributed by atoms with van der Waals surface area (Å²) in [7, 11) is 1.74. The molecular formula is C16H18N2O. The van der Waals surface area contributed by atoms with E-state index in [1.165, 1.54) is 0 Å². The van der Waals surface area contributed by atoms with Crippen molar-refractivity contribution in [3.63, 3.8) is 0 Å². The van der Waals surface area contributed by atoms with Crippen LogP contribution < -0.4 is 11.1 Å². The van der Waals surface area contributed by atoms with Gasteiger partial charge in [-0.25, -0.2) is 0 Å². The van der Waals surface area contributed by atoms with Crippen LogP contribution in [0.1, 0.15) is 28.4 Å². The summed E-state index contributed by atoms with van der Waals surface area (Å²) in [5, 5.41) is 3.45. The Morgan fingerprint density at radius 2 is 1.95 bits per heavy atom. The van der Waals surface area contributed by atoms with E-state index in [1.54, 1.807) is 7.11 Å². The molecule has 0 radical (unpaired) electrons. The van der Waals surface area contributed by atoms with E-state index in [0.29, 0.717) is 0 Å². The van der Waals surface area contributed by atoms with Gasteiger partial charge in [-0.1, -0.05) is 30.3 Å². The third-order valence-corrected chi connectivity index (χ3v) is 3.83. The number of nitrogen functional groups attached to an aromatic ring is 1. The fourth-order valence-corrected chi connectivity index (χ4v) is 2.73. The molecule has 3 N–H and O–H groups in total. The van der Waals surface area contributed by atoms with Crippen molar-refractivity contribution in [3.05, 3.63) is 58.7 Å². The van der Waals surface area contributed by atoms with Crippen molar-refractivity contribution in [2.45, 2.75) is 19.6 Å². The molecule has 0 saturated carbocycles. The molecule has 2 aromatic rings. The molecule has 1 atom stereocenters. The number of para-hydroxylation sites is 1. The summed E-state index contributed by atoms with van der Waals surface area (Å²) in [6.45, 7) is 2.77. The largest absolute Gasteiger partial charge is 0.398 e. The summed E-state index contributed by atoms with van der Waals surface area (Å²) in [5.74, 6) is 0. The van der Waals surface area contributed by atoms with Gasteiger partial charge in [-0.05, 0) is 24.1 Å². The first-order valence-electron chi connectivity index (χ1n) is 6.46. The van der Waals surface area contributed by atoms with Gasteiger partial charge in [0.25, 0.3) is 0 Å². The summed E-state index contributed by atoms with van der Waals surface area (Å²) in [5.41, 5.74) is 12.8. The molecule has 3 nitrogen and oxygen atoms in total. The average molecular weight is 254 g/mol.